The van der Waals surface area contributed by atoms with E-state index in [1.54, 1.807) is 24.5 Å². The Morgan fingerprint density at radius 3 is 3.00 bits per heavy atom. The predicted molar refractivity (Wildman–Crippen MR) is 64.3 cm³/mol. The van der Waals surface area contributed by atoms with E-state index in [-0.39, 0.29) is 17.3 Å². The smallest absolute Gasteiger partial charge is 0.234 e. The fourth-order valence-electron chi connectivity index (χ4n) is 1.21. The van der Waals surface area contributed by atoms with E-state index in [0.29, 0.717) is 5.16 Å². The van der Waals surface area contributed by atoms with Crippen molar-refractivity contribution in [1.82, 2.24) is 9.97 Å². The number of imidazole rings is 1. The minimum absolute atomic E-state index is 0.182. The third kappa shape index (κ3) is 3.32. The highest BCUT2D eigenvalue weighted by atomic mass is 32.2. The lowest BCUT2D eigenvalue weighted by molar-refractivity contribution is -0.113. The summed E-state index contributed by atoms with van der Waals surface area (Å²) in [6.45, 7) is 0. The van der Waals surface area contributed by atoms with Crippen LogP contribution in [0.5, 0.6) is 0 Å². The van der Waals surface area contributed by atoms with Crippen LogP contribution in [-0.2, 0) is 4.79 Å². The molecule has 4 nitrogen and oxygen atoms in total. The molecular formula is C11H10FN3OS. The number of aromatic nitrogens is 2. The Labute approximate surface area is 102 Å². The molecular weight excluding hydrogens is 241 g/mol. The molecule has 1 aromatic heterocycles. The summed E-state index contributed by atoms with van der Waals surface area (Å²) in [4.78, 5) is 18.4. The number of carbonyl (C=O) groups excluding carboxylic acids is 1. The van der Waals surface area contributed by atoms with Gasteiger partial charge in [-0.05, 0) is 12.1 Å². The van der Waals surface area contributed by atoms with Gasteiger partial charge in [-0.15, -0.1) is 0 Å². The Morgan fingerprint density at radius 1 is 1.47 bits per heavy atom. The number of H-pyrrole nitrogens is 1. The molecule has 0 spiro atoms. The monoisotopic (exact) mass is 251 g/mol. The van der Waals surface area contributed by atoms with Gasteiger partial charge in [0.1, 0.15) is 5.82 Å². The van der Waals surface area contributed by atoms with E-state index in [1.807, 2.05) is 0 Å². The van der Waals surface area contributed by atoms with Gasteiger partial charge in [-0.2, -0.15) is 0 Å². The second-order valence-electron chi connectivity index (χ2n) is 3.21. The van der Waals surface area contributed by atoms with Crippen molar-refractivity contribution in [2.75, 3.05) is 11.1 Å². The Kier molecular flexibility index (Phi) is 3.77. The van der Waals surface area contributed by atoms with Crippen molar-refractivity contribution in [2.45, 2.75) is 5.16 Å². The van der Waals surface area contributed by atoms with E-state index < -0.39 is 5.82 Å². The Hall–Kier alpha value is -1.82. The number of para-hydroxylation sites is 1. The lowest BCUT2D eigenvalue weighted by Gasteiger charge is -2.04. The highest BCUT2D eigenvalue weighted by Crippen LogP contribution is 2.15. The average molecular weight is 251 g/mol. The van der Waals surface area contributed by atoms with Crippen molar-refractivity contribution < 1.29 is 9.18 Å². The number of benzene rings is 1. The summed E-state index contributed by atoms with van der Waals surface area (Å²) in [6.07, 6.45) is 3.29. The third-order valence-electron chi connectivity index (χ3n) is 1.96. The summed E-state index contributed by atoms with van der Waals surface area (Å²) in [7, 11) is 0. The molecule has 0 atom stereocenters. The van der Waals surface area contributed by atoms with Crippen molar-refractivity contribution in [3.8, 4) is 0 Å². The van der Waals surface area contributed by atoms with Crippen molar-refractivity contribution in [3.05, 3.63) is 42.5 Å². The largest absolute Gasteiger partial charge is 0.340 e. The van der Waals surface area contributed by atoms with Crippen LogP contribution in [-0.4, -0.2) is 21.6 Å². The van der Waals surface area contributed by atoms with Crippen molar-refractivity contribution in [1.29, 1.82) is 0 Å². The summed E-state index contributed by atoms with van der Waals surface area (Å²) in [5.74, 6) is -0.526. The molecule has 2 N–H and O–H groups in total. The van der Waals surface area contributed by atoms with E-state index in [1.165, 1.54) is 23.9 Å². The first kappa shape index (κ1) is 11.7. The number of thioether (sulfide) groups is 1. The van der Waals surface area contributed by atoms with Gasteiger partial charge in [0.2, 0.25) is 5.91 Å². The highest BCUT2D eigenvalue weighted by Gasteiger charge is 2.07. The summed E-state index contributed by atoms with van der Waals surface area (Å²) < 4.78 is 13.2. The van der Waals surface area contributed by atoms with Gasteiger partial charge in [-0.25, -0.2) is 9.37 Å². The zero-order valence-corrected chi connectivity index (χ0v) is 9.63. The number of carbonyl (C=O) groups is 1. The number of anilines is 1. The van der Waals surface area contributed by atoms with Crippen LogP contribution in [0.4, 0.5) is 10.1 Å². The molecule has 0 saturated carbocycles. The molecule has 2 rings (SSSR count). The van der Waals surface area contributed by atoms with Gasteiger partial charge < -0.3 is 10.3 Å². The number of aromatic amines is 1. The van der Waals surface area contributed by atoms with Crippen LogP contribution >= 0.6 is 11.8 Å². The van der Waals surface area contributed by atoms with E-state index in [0.717, 1.165) is 0 Å². The number of hydrogen-bond donors (Lipinski definition) is 2. The van der Waals surface area contributed by atoms with Gasteiger partial charge >= 0.3 is 0 Å². The van der Waals surface area contributed by atoms with Gasteiger partial charge in [0.05, 0.1) is 11.4 Å². The molecule has 0 aliphatic heterocycles. The molecule has 88 valence electrons. The molecule has 0 unspecified atom stereocenters. The fraction of sp³-hybridized carbons (Fsp3) is 0.0909. The van der Waals surface area contributed by atoms with Crippen LogP contribution in [0.1, 0.15) is 0 Å². The number of hydrogen-bond acceptors (Lipinski definition) is 3. The summed E-state index contributed by atoms with van der Waals surface area (Å²) in [6, 6.07) is 6.06. The highest BCUT2D eigenvalue weighted by molar-refractivity contribution is 7.99. The molecule has 0 bridgehead atoms. The molecule has 0 saturated heterocycles. The summed E-state index contributed by atoms with van der Waals surface area (Å²) in [5.41, 5.74) is 0.192. The van der Waals surface area contributed by atoms with Crippen LogP contribution in [0.3, 0.4) is 0 Å². The first-order chi connectivity index (χ1) is 8.25. The van der Waals surface area contributed by atoms with Gasteiger partial charge in [0.25, 0.3) is 0 Å². The Balaban J connectivity index is 1.87. The Morgan fingerprint density at radius 2 is 2.29 bits per heavy atom. The second-order valence-corrected chi connectivity index (χ2v) is 4.18. The fourth-order valence-corrected chi connectivity index (χ4v) is 1.84. The van der Waals surface area contributed by atoms with E-state index >= 15 is 0 Å². The predicted octanol–water partition coefficient (Wildman–Crippen LogP) is 2.28. The van der Waals surface area contributed by atoms with Gasteiger partial charge in [-0.1, -0.05) is 23.9 Å². The number of nitrogens with zero attached hydrogens (tertiary/aromatic N) is 1. The van der Waals surface area contributed by atoms with E-state index in [2.05, 4.69) is 15.3 Å². The SMILES string of the molecule is O=C(CSc1ncc[nH]1)Nc1ccccc1F. The first-order valence-electron chi connectivity index (χ1n) is 4.92. The molecule has 6 heteroatoms. The molecule has 2 aromatic rings. The summed E-state index contributed by atoms with van der Waals surface area (Å²) in [5, 5.41) is 3.16. The number of rotatable bonds is 4. The van der Waals surface area contributed by atoms with Gasteiger partial charge in [-0.3, -0.25) is 4.79 Å². The quantitative estimate of drug-likeness (QED) is 0.820. The minimum atomic E-state index is -0.441. The average Bonchev–Trinajstić information content (AvgIpc) is 2.82. The molecule has 0 radical (unpaired) electrons. The van der Waals surface area contributed by atoms with Gasteiger partial charge in [0.15, 0.2) is 5.16 Å². The van der Waals surface area contributed by atoms with Crippen LogP contribution in [0, 0.1) is 5.82 Å². The zero-order chi connectivity index (χ0) is 12.1. The van der Waals surface area contributed by atoms with Crippen LogP contribution in [0.15, 0.2) is 41.8 Å². The standard InChI is InChI=1S/C11H10FN3OS/c12-8-3-1-2-4-9(8)15-10(16)7-17-11-13-5-6-14-11/h1-6H,7H2,(H,13,14)(H,15,16). The molecule has 0 fully saturated rings. The van der Waals surface area contributed by atoms with E-state index in [4.69, 9.17) is 0 Å². The topological polar surface area (TPSA) is 57.8 Å². The third-order valence-corrected chi connectivity index (χ3v) is 2.86. The zero-order valence-electron chi connectivity index (χ0n) is 8.81. The second kappa shape index (κ2) is 5.49. The molecule has 1 aromatic carbocycles. The van der Waals surface area contributed by atoms with Crippen LogP contribution in [0.25, 0.3) is 0 Å². The molecule has 17 heavy (non-hydrogen) atoms. The molecule has 0 aliphatic carbocycles. The van der Waals surface area contributed by atoms with Crippen molar-refractivity contribution >= 4 is 23.4 Å². The van der Waals surface area contributed by atoms with E-state index in [9.17, 15) is 9.18 Å². The van der Waals surface area contributed by atoms with Crippen LogP contribution < -0.4 is 5.32 Å². The lowest BCUT2D eigenvalue weighted by atomic mass is 10.3. The molecule has 1 amide bonds. The summed E-state index contributed by atoms with van der Waals surface area (Å²) >= 11 is 1.26. The molecule has 0 aliphatic rings. The number of halogens is 1. The maximum absolute atomic E-state index is 13.2. The van der Waals surface area contributed by atoms with Crippen LogP contribution in [0.2, 0.25) is 0 Å². The number of nitrogens with one attached hydrogen (secondary N) is 2. The minimum Gasteiger partial charge on any atom is -0.340 e. The Bertz CT molecular complexity index is 501. The van der Waals surface area contributed by atoms with Crippen molar-refractivity contribution in [2.24, 2.45) is 0 Å². The number of amides is 1. The molecule has 1 heterocycles. The maximum Gasteiger partial charge on any atom is 0.234 e. The maximum atomic E-state index is 13.2. The first-order valence-corrected chi connectivity index (χ1v) is 5.91. The lowest BCUT2D eigenvalue weighted by Crippen LogP contribution is -2.15. The van der Waals surface area contributed by atoms with Gasteiger partial charge in [0, 0.05) is 12.4 Å². The normalized spacial score (nSPS) is 10.2. The van der Waals surface area contributed by atoms with Crippen molar-refractivity contribution in [3.63, 3.8) is 0 Å².